The van der Waals surface area contributed by atoms with Crippen molar-refractivity contribution >= 4 is 46.4 Å². The van der Waals surface area contributed by atoms with Crippen LogP contribution in [0.1, 0.15) is 160 Å². The van der Waals surface area contributed by atoms with Crippen molar-refractivity contribution in [3.8, 4) is 47.4 Å². The first-order chi connectivity index (χ1) is 48.9. The maximum absolute atomic E-state index is 14.9. The Bertz CT molecular complexity index is 4510. The first kappa shape index (κ1) is 65.4. The van der Waals surface area contributed by atoms with E-state index in [0.717, 1.165) is 66.8 Å². The summed E-state index contributed by atoms with van der Waals surface area (Å²) in [6.07, 6.45) is 0. The van der Waals surface area contributed by atoms with Gasteiger partial charge in [-0.25, -0.2) is 0 Å². The highest BCUT2D eigenvalue weighted by molar-refractivity contribution is 6.11. The molecule has 0 spiro atoms. The van der Waals surface area contributed by atoms with E-state index < -0.39 is 0 Å². The molecule has 12 aromatic rings. The average Bonchev–Trinajstić information content (AvgIpc) is 0.763. The molecule has 13 aliphatic heterocycles. The molecule has 480 valence electrons. The molecule has 4 amide bonds. The van der Waals surface area contributed by atoms with Gasteiger partial charge in [-0.3, -0.25) is 19.2 Å². The minimum absolute atomic E-state index is 0.224. The van der Waals surface area contributed by atoms with Crippen LogP contribution in [0.5, 0.6) is 0 Å². The first-order valence-electron chi connectivity index (χ1n) is 33.3. The normalized spacial score (nSPS) is 13.6. The smallest absolute Gasteiger partial charge is 0.258 e. The molecular formula is C92H68N4O4. The van der Waals surface area contributed by atoms with E-state index in [-0.39, 0.29) is 47.8 Å². The van der Waals surface area contributed by atoms with Crippen molar-refractivity contribution in [2.75, 3.05) is 19.6 Å². The Labute approximate surface area is 585 Å². The van der Waals surface area contributed by atoms with Crippen LogP contribution in [0, 0.1) is 47.4 Å². The first-order valence-corrected chi connectivity index (χ1v) is 33.3. The van der Waals surface area contributed by atoms with Gasteiger partial charge in [0, 0.05) is 89.5 Å². The molecule has 4 atom stereocenters. The van der Waals surface area contributed by atoms with Crippen LogP contribution in [-0.4, -0.2) is 23.6 Å². The van der Waals surface area contributed by atoms with Crippen LogP contribution in [0.2, 0.25) is 0 Å². The Morgan fingerprint density at radius 3 is 0.480 bits per heavy atom. The molecular weight excluding hydrogens is 1230 g/mol. The van der Waals surface area contributed by atoms with Crippen LogP contribution in [0.25, 0.3) is 0 Å². The summed E-state index contributed by atoms with van der Waals surface area (Å²) in [5, 5.41) is 0. The highest BCUT2D eigenvalue weighted by atomic mass is 16.2. The van der Waals surface area contributed by atoms with E-state index in [0.29, 0.717) is 45.0 Å². The number of hydrogen-bond acceptors (Lipinski definition) is 4. The van der Waals surface area contributed by atoms with Gasteiger partial charge in [0.15, 0.2) is 0 Å². The molecule has 0 N–H and O–H groups in total. The molecule has 16 bridgehead atoms. The molecule has 0 aliphatic carbocycles. The maximum atomic E-state index is 14.9. The van der Waals surface area contributed by atoms with E-state index in [1.807, 2.05) is 295 Å². The number of amides is 4. The Hall–Kier alpha value is -13.2. The number of carbonyl (C=O) groups is 4. The van der Waals surface area contributed by atoms with Crippen LogP contribution in [0.4, 0.5) is 22.7 Å². The van der Waals surface area contributed by atoms with Gasteiger partial charge in [0.1, 0.15) is 0 Å². The van der Waals surface area contributed by atoms with Gasteiger partial charge in [-0.1, -0.05) is 169 Å². The third kappa shape index (κ3) is 15.1. The zero-order valence-electron chi connectivity index (χ0n) is 55.8. The third-order valence-electron chi connectivity index (χ3n) is 18.1. The van der Waals surface area contributed by atoms with Gasteiger partial charge in [0.2, 0.25) is 0 Å². The van der Waals surface area contributed by atoms with Crippen LogP contribution in [-0.2, 0) is 0 Å². The average molecular weight is 1290 g/mol. The summed E-state index contributed by atoms with van der Waals surface area (Å²) < 4.78 is 0. The van der Waals surface area contributed by atoms with Crippen molar-refractivity contribution in [1.29, 1.82) is 0 Å². The second-order valence-electron chi connectivity index (χ2n) is 24.5. The lowest BCUT2D eigenvalue weighted by molar-refractivity contribution is 0.0966. The highest BCUT2D eigenvalue weighted by Crippen LogP contribution is 2.35. The molecule has 8 nitrogen and oxygen atoms in total. The van der Waals surface area contributed by atoms with Crippen molar-refractivity contribution in [1.82, 2.24) is 0 Å². The summed E-state index contributed by atoms with van der Waals surface area (Å²) >= 11 is 0. The lowest BCUT2D eigenvalue weighted by atomic mass is 10.0. The number of nitrogens with zero attached hydrogens (tertiary/aromatic N) is 4. The van der Waals surface area contributed by atoms with Crippen molar-refractivity contribution in [3.63, 3.8) is 0 Å². The number of carbonyl (C=O) groups excluding carboxylic acids is 4. The third-order valence-corrected chi connectivity index (χ3v) is 18.1. The van der Waals surface area contributed by atoms with Crippen LogP contribution in [0.15, 0.2) is 315 Å². The Balaban J connectivity index is 0.831. The molecule has 0 aromatic heterocycles. The van der Waals surface area contributed by atoms with Gasteiger partial charge in [0.05, 0.1) is 24.2 Å². The van der Waals surface area contributed by atoms with Crippen LogP contribution < -0.4 is 19.6 Å². The lowest BCUT2D eigenvalue weighted by Gasteiger charge is -2.31. The molecule has 25 rings (SSSR count). The molecule has 0 fully saturated rings. The summed E-state index contributed by atoms with van der Waals surface area (Å²) in [5.41, 5.74) is 14.6. The van der Waals surface area contributed by atoms with Crippen molar-refractivity contribution in [3.05, 3.63) is 404 Å². The topological polar surface area (TPSA) is 81.2 Å². The van der Waals surface area contributed by atoms with E-state index in [4.69, 9.17) is 0 Å². The molecule has 0 saturated carbocycles. The predicted molar refractivity (Wildman–Crippen MR) is 402 cm³/mol. The van der Waals surface area contributed by atoms with Gasteiger partial charge in [-0.2, -0.15) is 0 Å². The second-order valence-corrected chi connectivity index (χ2v) is 24.5. The molecule has 8 heteroatoms. The fourth-order valence-corrected chi connectivity index (χ4v) is 12.3. The Morgan fingerprint density at radius 1 is 0.190 bits per heavy atom. The Kier molecular flexibility index (Phi) is 19.8. The fraction of sp³-hybridized carbons (Fsp3) is 0.0870. The summed E-state index contributed by atoms with van der Waals surface area (Å²) in [6.45, 7) is 8.05. The van der Waals surface area contributed by atoms with Crippen LogP contribution in [0.3, 0.4) is 0 Å². The van der Waals surface area contributed by atoms with Crippen molar-refractivity contribution in [2.45, 2.75) is 51.9 Å². The van der Waals surface area contributed by atoms with E-state index in [1.165, 1.54) is 0 Å². The Morgan fingerprint density at radius 2 is 0.330 bits per heavy atom. The highest BCUT2D eigenvalue weighted by Gasteiger charge is 2.30. The summed E-state index contributed by atoms with van der Waals surface area (Å²) in [4.78, 5) is 66.8. The van der Waals surface area contributed by atoms with E-state index >= 15 is 0 Å². The van der Waals surface area contributed by atoms with Gasteiger partial charge >= 0.3 is 0 Å². The van der Waals surface area contributed by atoms with Gasteiger partial charge in [-0.15, -0.1) is 0 Å². The van der Waals surface area contributed by atoms with Gasteiger partial charge in [-0.05, 0) is 244 Å². The van der Waals surface area contributed by atoms with Crippen molar-refractivity contribution in [2.24, 2.45) is 0 Å². The number of rotatable bonds is 8. The van der Waals surface area contributed by atoms with Crippen LogP contribution >= 0.6 is 0 Å². The lowest BCUT2D eigenvalue weighted by Crippen LogP contribution is -2.34. The summed E-state index contributed by atoms with van der Waals surface area (Å²) in [7, 11) is 0. The van der Waals surface area contributed by atoms with Gasteiger partial charge in [0.25, 0.3) is 23.6 Å². The maximum Gasteiger partial charge on any atom is 0.258 e. The molecule has 0 radical (unpaired) electrons. The minimum Gasteiger partial charge on any atom is -0.301 e. The largest absolute Gasteiger partial charge is 0.301 e. The van der Waals surface area contributed by atoms with Crippen molar-refractivity contribution < 1.29 is 19.2 Å². The molecule has 0 saturated heterocycles. The standard InChI is InChI=1S/C92H68N4O4/c1-65(77-17-9-5-10-18-77)93-85-57-41-73(42-58-85)37-33-69-25-27-70(28-26-69)34-38-75-45-61-87(62-46-75)95(67(3)79-21-13-7-14-22-79)91(99)83-53-55-84(56-54-83)92(100)96(68(4)80-23-15-8-16-24-80)88-63-47-76(48-64-88)40-36-72-31-29-71(30-32-72)35-39-74-43-59-86(60-44-74)94(66(2)78-19-11-6-12-20-78)90(98)82-51-49-81(50-52-82)89(93)97/h5-32,41-68H,1-4H3/t65-,66-,67-,68-/m0/s1. The molecule has 13 heterocycles. The number of hydrogen-bond donors (Lipinski definition) is 0. The molecule has 0 unspecified atom stereocenters. The fourth-order valence-electron chi connectivity index (χ4n) is 12.3. The monoisotopic (exact) mass is 1290 g/mol. The zero-order valence-corrected chi connectivity index (χ0v) is 55.8. The molecule has 13 aliphatic rings. The summed E-state index contributed by atoms with van der Waals surface area (Å²) in [5.74, 6) is 25.5. The number of anilines is 4. The molecule has 12 aromatic carbocycles. The minimum atomic E-state index is -0.349. The summed E-state index contributed by atoms with van der Waals surface area (Å²) in [6, 6.07) is 98.4. The zero-order chi connectivity index (χ0) is 68.9. The van der Waals surface area contributed by atoms with E-state index in [1.54, 1.807) is 68.1 Å². The molecule has 100 heavy (non-hydrogen) atoms. The SMILES string of the molecule is C[C@@H](c1ccccc1)N1C(=O)c2ccc(cc2)C(=O)N([C@@H](C)c2ccccc2)c2ccc(cc2)C#Cc2ccc(cc2)C#Cc2ccc(cc2)N([C@@H](C)c2ccccc2)C(=O)c2ccc(cc2)C(=O)N([C@@H](C)c2ccccc2)c2ccc(cc2)C#Cc2ccc(cc2)C#Cc2ccc1cc2. The second kappa shape index (κ2) is 30.2. The number of benzene rings is 12. The van der Waals surface area contributed by atoms with Gasteiger partial charge < -0.3 is 19.6 Å². The van der Waals surface area contributed by atoms with E-state index in [2.05, 4.69) is 47.4 Å². The predicted octanol–water partition coefficient (Wildman–Crippen LogP) is 19.2. The quantitative estimate of drug-likeness (QED) is 0.142. The van der Waals surface area contributed by atoms with E-state index in [9.17, 15) is 19.2 Å².